The third-order valence-corrected chi connectivity index (χ3v) is 6.77. The van der Waals surface area contributed by atoms with Crippen LogP contribution in [0.3, 0.4) is 0 Å². The molecule has 0 saturated heterocycles. The summed E-state index contributed by atoms with van der Waals surface area (Å²) < 4.78 is 0. The van der Waals surface area contributed by atoms with Gasteiger partial charge in [0, 0.05) is 23.3 Å². The van der Waals surface area contributed by atoms with Gasteiger partial charge >= 0.3 is 0 Å². The molecule has 0 amide bonds. The third-order valence-electron chi connectivity index (χ3n) is 6.77. The van der Waals surface area contributed by atoms with Gasteiger partial charge in [0.25, 0.3) is 0 Å². The average molecular weight is 369 g/mol. The van der Waals surface area contributed by atoms with Crippen molar-refractivity contribution in [3.05, 3.63) is 35.5 Å². The van der Waals surface area contributed by atoms with E-state index in [-0.39, 0.29) is 11.5 Å². The van der Waals surface area contributed by atoms with Gasteiger partial charge in [-0.1, -0.05) is 79.2 Å². The fourth-order valence-corrected chi connectivity index (χ4v) is 3.99. The van der Waals surface area contributed by atoms with Gasteiger partial charge in [-0.05, 0) is 42.2 Å². The lowest BCUT2D eigenvalue weighted by molar-refractivity contribution is 0.376. The van der Waals surface area contributed by atoms with Crippen molar-refractivity contribution in [3.8, 4) is 0 Å². The molecule has 2 heterocycles. The van der Waals surface area contributed by atoms with Gasteiger partial charge in [-0.2, -0.15) is 0 Å². The first-order valence-corrected chi connectivity index (χ1v) is 10.9. The number of hydrogen-bond acceptors (Lipinski definition) is 2. The topological polar surface area (TPSA) is 24.7 Å². The van der Waals surface area contributed by atoms with Crippen LogP contribution >= 0.6 is 0 Å². The molecule has 2 aliphatic heterocycles. The van der Waals surface area contributed by atoms with Crippen molar-refractivity contribution in [3.63, 3.8) is 0 Å². The van der Waals surface area contributed by atoms with Crippen molar-refractivity contribution in [2.24, 2.45) is 39.1 Å². The summed E-state index contributed by atoms with van der Waals surface area (Å²) >= 11 is 0. The van der Waals surface area contributed by atoms with Crippen molar-refractivity contribution in [2.45, 2.75) is 74.3 Å². The molecule has 6 atom stereocenters. The Morgan fingerprint density at radius 2 is 1.81 bits per heavy atom. The Labute approximate surface area is 167 Å². The molecule has 0 fully saturated rings. The monoisotopic (exact) mass is 368 g/mol. The van der Waals surface area contributed by atoms with Gasteiger partial charge in [0.2, 0.25) is 0 Å². The van der Waals surface area contributed by atoms with E-state index in [1.54, 1.807) is 0 Å². The standard InChI is InChI=1S/C25H40N2/c1-9-18(4)22-13-17(3)14-23-21(7)27-16-25(8,20(6)10-2)12-11-19(5)24(23)26-15-22/h11-14,16-21H,9-10,15H2,1-8H3/b12-11-,22-13?,23-14-,26-24?,27-16?. The van der Waals surface area contributed by atoms with Gasteiger partial charge < -0.3 is 0 Å². The molecular weight excluding hydrogens is 328 g/mol. The molecule has 27 heavy (non-hydrogen) atoms. The van der Waals surface area contributed by atoms with E-state index in [1.165, 1.54) is 23.3 Å². The van der Waals surface area contributed by atoms with Crippen LogP contribution in [0.5, 0.6) is 0 Å². The Morgan fingerprint density at radius 3 is 2.44 bits per heavy atom. The Balaban J connectivity index is 2.51. The minimum atomic E-state index is 0.00373. The normalized spacial score (nSPS) is 37.0. The number of aliphatic imine (C=N–C) groups is 2. The second-order valence-corrected chi connectivity index (χ2v) is 9.01. The van der Waals surface area contributed by atoms with E-state index in [4.69, 9.17) is 9.98 Å². The predicted molar refractivity (Wildman–Crippen MR) is 121 cm³/mol. The van der Waals surface area contributed by atoms with Crippen LogP contribution in [0, 0.1) is 29.1 Å². The lowest BCUT2D eigenvalue weighted by atomic mass is 9.77. The quantitative estimate of drug-likeness (QED) is 0.494. The zero-order valence-electron chi connectivity index (χ0n) is 18.8. The molecule has 2 aliphatic rings. The zero-order chi connectivity index (χ0) is 20.2. The van der Waals surface area contributed by atoms with Crippen LogP contribution in [0.2, 0.25) is 0 Å². The number of rotatable bonds is 4. The molecule has 2 rings (SSSR count). The third kappa shape index (κ3) is 5.09. The first kappa shape index (κ1) is 21.9. The number of fused-ring (bicyclic) bond motifs is 1. The fraction of sp³-hybridized carbons (Fsp3) is 0.680. The highest BCUT2D eigenvalue weighted by Crippen LogP contribution is 2.33. The summed E-state index contributed by atoms with van der Waals surface area (Å²) in [5.41, 5.74) is 4.02. The van der Waals surface area contributed by atoms with Crippen molar-refractivity contribution in [1.29, 1.82) is 0 Å². The summed E-state index contributed by atoms with van der Waals surface area (Å²) in [6.07, 6.45) is 14.1. The Hall–Kier alpha value is -1.44. The summed E-state index contributed by atoms with van der Waals surface area (Å²) in [6, 6.07) is 0.149. The molecule has 2 nitrogen and oxygen atoms in total. The van der Waals surface area contributed by atoms with Gasteiger partial charge in [0.15, 0.2) is 0 Å². The first-order chi connectivity index (χ1) is 12.7. The highest BCUT2D eigenvalue weighted by molar-refractivity contribution is 6.04. The summed E-state index contributed by atoms with van der Waals surface area (Å²) in [5, 5.41) is 0. The van der Waals surface area contributed by atoms with E-state index in [9.17, 15) is 0 Å². The lowest BCUT2D eigenvalue weighted by Crippen LogP contribution is -2.25. The summed E-state index contributed by atoms with van der Waals surface area (Å²) in [5.74, 6) is 1.89. The van der Waals surface area contributed by atoms with Gasteiger partial charge in [-0.3, -0.25) is 9.98 Å². The smallest absolute Gasteiger partial charge is 0.0732 e. The van der Waals surface area contributed by atoms with E-state index < -0.39 is 0 Å². The molecule has 0 spiro atoms. The van der Waals surface area contributed by atoms with E-state index >= 15 is 0 Å². The number of nitrogens with zero attached hydrogens (tertiary/aromatic N) is 2. The van der Waals surface area contributed by atoms with E-state index in [1.807, 2.05) is 0 Å². The van der Waals surface area contributed by atoms with Crippen molar-refractivity contribution in [2.75, 3.05) is 6.54 Å². The van der Waals surface area contributed by atoms with Crippen LogP contribution in [0.4, 0.5) is 0 Å². The maximum Gasteiger partial charge on any atom is 0.0732 e. The Kier molecular flexibility index (Phi) is 7.42. The number of hydrogen-bond donors (Lipinski definition) is 0. The maximum atomic E-state index is 5.13. The van der Waals surface area contributed by atoms with Crippen LogP contribution in [-0.2, 0) is 0 Å². The van der Waals surface area contributed by atoms with Crippen molar-refractivity contribution < 1.29 is 0 Å². The second kappa shape index (κ2) is 9.17. The van der Waals surface area contributed by atoms with Crippen LogP contribution in [0.25, 0.3) is 0 Å². The SMILES string of the molecule is CCC(C)C1=CC(C)/C=C2\C(=NC1)C(C)/C=C\C(C)(C(C)CC)C=NC2C. The van der Waals surface area contributed by atoms with Crippen LogP contribution in [-0.4, -0.2) is 24.5 Å². The van der Waals surface area contributed by atoms with Gasteiger partial charge in [0.05, 0.1) is 12.6 Å². The van der Waals surface area contributed by atoms with E-state index in [2.05, 4.69) is 85.9 Å². The summed E-state index contributed by atoms with van der Waals surface area (Å²) in [7, 11) is 0. The van der Waals surface area contributed by atoms with Crippen molar-refractivity contribution >= 4 is 11.9 Å². The number of allylic oxidation sites excluding steroid dienone is 4. The Bertz CT molecular complexity index is 664. The Morgan fingerprint density at radius 1 is 1.11 bits per heavy atom. The molecule has 0 aromatic carbocycles. The van der Waals surface area contributed by atoms with Gasteiger partial charge in [-0.25, -0.2) is 0 Å². The maximum absolute atomic E-state index is 5.13. The average Bonchev–Trinajstić information content (AvgIpc) is 2.68. The largest absolute Gasteiger partial charge is 0.289 e. The molecule has 6 unspecified atom stereocenters. The molecule has 0 saturated carbocycles. The molecule has 0 aliphatic carbocycles. The van der Waals surface area contributed by atoms with E-state index in [0.29, 0.717) is 23.7 Å². The molecule has 0 bridgehead atoms. The molecular formula is C25H40N2. The molecule has 0 aromatic heterocycles. The zero-order valence-corrected chi connectivity index (χ0v) is 18.8. The fourth-order valence-electron chi connectivity index (χ4n) is 3.99. The van der Waals surface area contributed by atoms with Crippen LogP contribution < -0.4 is 0 Å². The van der Waals surface area contributed by atoms with Crippen LogP contribution in [0.15, 0.2) is 45.4 Å². The van der Waals surface area contributed by atoms with Crippen molar-refractivity contribution in [1.82, 2.24) is 0 Å². The summed E-state index contributed by atoms with van der Waals surface area (Å²) in [6.45, 7) is 19.1. The lowest BCUT2D eigenvalue weighted by Gasteiger charge is -2.28. The molecule has 150 valence electrons. The minimum Gasteiger partial charge on any atom is -0.289 e. The minimum absolute atomic E-state index is 0.00373. The highest BCUT2D eigenvalue weighted by atomic mass is 14.8. The molecule has 2 heteroatoms. The summed E-state index contributed by atoms with van der Waals surface area (Å²) in [4.78, 5) is 10.1. The first-order valence-electron chi connectivity index (χ1n) is 10.9. The second-order valence-electron chi connectivity index (χ2n) is 9.01. The molecule has 0 N–H and O–H groups in total. The van der Waals surface area contributed by atoms with Crippen LogP contribution in [0.1, 0.15) is 68.2 Å². The van der Waals surface area contributed by atoms with E-state index in [0.717, 1.165) is 13.0 Å². The van der Waals surface area contributed by atoms with Gasteiger partial charge in [-0.15, -0.1) is 0 Å². The molecule has 0 aromatic rings. The predicted octanol–water partition coefficient (Wildman–Crippen LogP) is 6.69. The molecule has 0 radical (unpaired) electrons. The van der Waals surface area contributed by atoms with Gasteiger partial charge in [0.1, 0.15) is 0 Å². The highest BCUT2D eigenvalue weighted by Gasteiger charge is 2.29.